The molecule has 2 heterocycles. The number of benzene rings is 3. The molecule has 0 saturated heterocycles. The maximum Gasteiger partial charge on any atom is 0.338 e. The van der Waals surface area contributed by atoms with Crippen LogP contribution in [0.3, 0.4) is 0 Å². The molecule has 0 amide bonds. The first-order chi connectivity index (χ1) is 20.7. The Labute approximate surface area is 250 Å². The lowest BCUT2D eigenvalue weighted by atomic mass is 9.83. The number of fused-ring (bicyclic) bond motifs is 1. The number of likely N-dealkylation sites (N-methyl/N-ethyl adjacent to an activating group) is 1. The van der Waals surface area contributed by atoms with Gasteiger partial charge in [0.2, 0.25) is 10.0 Å². The largest absolute Gasteiger partial charge is 0.487 e. The van der Waals surface area contributed by atoms with Gasteiger partial charge in [0.05, 0.1) is 29.5 Å². The number of hydrogen-bond acceptors (Lipinski definition) is 6. The first kappa shape index (κ1) is 28.9. The molecule has 1 aromatic heterocycles. The molecule has 0 unspecified atom stereocenters. The summed E-state index contributed by atoms with van der Waals surface area (Å²) in [6, 6.07) is 16.3. The number of para-hydroxylation sites is 1. The first-order valence-corrected chi connectivity index (χ1v) is 15.8. The van der Waals surface area contributed by atoms with E-state index in [9.17, 15) is 22.7 Å². The minimum atomic E-state index is -4.01. The summed E-state index contributed by atoms with van der Waals surface area (Å²) in [6.07, 6.45) is 8.36. The highest BCUT2D eigenvalue weighted by molar-refractivity contribution is 7.89. The van der Waals surface area contributed by atoms with E-state index in [0.29, 0.717) is 34.8 Å². The monoisotopic (exact) mass is 604 g/mol. The third-order valence-corrected chi connectivity index (χ3v) is 10.5. The van der Waals surface area contributed by atoms with Crippen LogP contribution < -0.4 is 9.64 Å². The van der Waals surface area contributed by atoms with E-state index in [4.69, 9.17) is 4.74 Å². The number of aromatic amines is 1. The predicted octanol–water partition coefficient (Wildman–Crippen LogP) is 6.21. The second-order valence-electron chi connectivity index (χ2n) is 11.1. The summed E-state index contributed by atoms with van der Waals surface area (Å²) >= 11 is 0. The van der Waals surface area contributed by atoms with Gasteiger partial charge < -0.3 is 19.7 Å². The molecule has 0 spiro atoms. The number of carboxylic acids is 1. The number of hydrogen-bond donors (Lipinski definition) is 2. The van der Waals surface area contributed by atoms with Gasteiger partial charge in [-0.2, -0.15) is 4.31 Å². The standard InChI is InChI=1S/C32H33FN4O5S/c1-36-29(21-8-4-2-5-9-21)18-37(24-10-6-3-7-11-24)28-16-30(42-19-23-17-34-20-35-23)25(15-31(28)43(36,40)41)22-12-13-27(33)26(14-22)32(38)39/h3,6-7,10-17,20-21,29H,2,4-5,8-9,18-19H2,1H3,(H,34,35)(H,38,39)/t29-/m0/s1. The van der Waals surface area contributed by atoms with E-state index in [-0.39, 0.29) is 23.5 Å². The van der Waals surface area contributed by atoms with Crippen molar-refractivity contribution >= 4 is 27.4 Å². The van der Waals surface area contributed by atoms with Gasteiger partial charge in [0.15, 0.2) is 0 Å². The minimum Gasteiger partial charge on any atom is -0.487 e. The summed E-state index contributed by atoms with van der Waals surface area (Å²) < 4.78 is 51.0. The normalized spacial score (nSPS) is 19.0. The lowest BCUT2D eigenvalue weighted by Crippen LogP contribution is -2.46. The van der Waals surface area contributed by atoms with Gasteiger partial charge >= 0.3 is 5.97 Å². The minimum absolute atomic E-state index is 0.0715. The summed E-state index contributed by atoms with van der Waals surface area (Å²) in [5, 5.41) is 9.60. The number of aromatic nitrogens is 2. The van der Waals surface area contributed by atoms with E-state index in [2.05, 4.69) is 9.97 Å². The van der Waals surface area contributed by atoms with Crippen LogP contribution in [-0.2, 0) is 16.6 Å². The van der Waals surface area contributed by atoms with Crippen LogP contribution in [0, 0.1) is 11.7 Å². The molecule has 0 radical (unpaired) electrons. The van der Waals surface area contributed by atoms with Gasteiger partial charge in [0.1, 0.15) is 23.1 Å². The number of nitrogens with zero attached hydrogens (tertiary/aromatic N) is 3. The number of aromatic carboxylic acids is 1. The molecule has 3 aromatic carbocycles. The number of carbonyl (C=O) groups is 1. The molecule has 4 aromatic rings. The highest BCUT2D eigenvalue weighted by atomic mass is 32.2. The number of carboxylic acid groups (broad SMARTS) is 1. The van der Waals surface area contributed by atoms with Gasteiger partial charge in [-0.3, -0.25) is 0 Å². The van der Waals surface area contributed by atoms with Crippen LogP contribution >= 0.6 is 0 Å². The van der Waals surface area contributed by atoms with Crippen molar-refractivity contribution in [3.63, 3.8) is 0 Å². The Morgan fingerprint density at radius 1 is 1.09 bits per heavy atom. The van der Waals surface area contributed by atoms with Crippen LogP contribution in [0.25, 0.3) is 11.1 Å². The molecule has 1 aliphatic heterocycles. The van der Waals surface area contributed by atoms with Gasteiger partial charge in [-0.1, -0.05) is 43.5 Å². The third kappa shape index (κ3) is 5.62. The molecule has 11 heteroatoms. The lowest BCUT2D eigenvalue weighted by molar-refractivity contribution is 0.0692. The molecule has 1 atom stereocenters. The maximum atomic E-state index is 14.4. The number of ether oxygens (including phenoxy) is 1. The number of sulfonamides is 1. The molecule has 1 aliphatic carbocycles. The summed E-state index contributed by atoms with van der Waals surface area (Å²) in [5.41, 5.74) is 2.13. The molecule has 43 heavy (non-hydrogen) atoms. The zero-order valence-electron chi connectivity index (χ0n) is 23.7. The number of nitrogens with one attached hydrogen (secondary N) is 1. The summed E-state index contributed by atoms with van der Waals surface area (Å²) in [5.74, 6) is -1.78. The van der Waals surface area contributed by atoms with E-state index in [1.54, 1.807) is 19.3 Å². The van der Waals surface area contributed by atoms with Crippen molar-refractivity contribution in [3.8, 4) is 16.9 Å². The molecule has 0 bridgehead atoms. The number of rotatable bonds is 7. The number of imidazole rings is 1. The molecule has 1 saturated carbocycles. The van der Waals surface area contributed by atoms with E-state index < -0.39 is 27.4 Å². The predicted molar refractivity (Wildman–Crippen MR) is 160 cm³/mol. The Kier molecular flexibility index (Phi) is 7.93. The molecular weight excluding hydrogens is 571 g/mol. The molecule has 6 rings (SSSR count). The van der Waals surface area contributed by atoms with Crippen molar-refractivity contribution in [1.29, 1.82) is 0 Å². The molecular formula is C32H33FN4O5S. The Morgan fingerprint density at radius 2 is 1.86 bits per heavy atom. The number of halogens is 1. The zero-order valence-corrected chi connectivity index (χ0v) is 24.6. The van der Waals surface area contributed by atoms with Crippen molar-refractivity contribution in [2.75, 3.05) is 18.5 Å². The highest BCUT2D eigenvalue weighted by Crippen LogP contribution is 2.46. The van der Waals surface area contributed by atoms with Crippen LogP contribution in [0.4, 0.5) is 15.8 Å². The number of H-pyrrole nitrogens is 1. The summed E-state index contributed by atoms with van der Waals surface area (Å²) in [7, 11) is -2.36. The Hall–Kier alpha value is -4.22. The fourth-order valence-corrected chi connectivity index (χ4v) is 7.84. The van der Waals surface area contributed by atoms with Crippen LogP contribution in [0.2, 0.25) is 0 Å². The zero-order chi connectivity index (χ0) is 30.1. The first-order valence-electron chi connectivity index (χ1n) is 14.4. The quantitative estimate of drug-likeness (QED) is 0.258. The second-order valence-corrected chi connectivity index (χ2v) is 13.1. The average molecular weight is 605 g/mol. The molecule has 2 N–H and O–H groups in total. The highest BCUT2D eigenvalue weighted by Gasteiger charge is 2.41. The van der Waals surface area contributed by atoms with E-state index in [1.165, 1.54) is 28.8 Å². The van der Waals surface area contributed by atoms with Crippen LogP contribution in [0.5, 0.6) is 5.75 Å². The molecule has 2 aliphatic rings. The fourth-order valence-electron chi connectivity index (χ4n) is 6.24. The fraction of sp³-hybridized carbons (Fsp3) is 0.312. The van der Waals surface area contributed by atoms with Gasteiger partial charge in [-0.15, -0.1) is 0 Å². The Bertz CT molecular complexity index is 1720. The van der Waals surface area contributed by atoms with Crippen LogP contribution in [0.1, 0.15) is 48.2 Å². The molecule has 1 fully saturated rings. The average Bonchev–Trinajstić information content (AvgIpc) is 3.52. The van der Waals surface area contributed by atoms with Crippen molar-refractivity contribution in [1.82, 2.24) is 14.3 Å². The van der Waals surface area contributed by atoms with E-state index in [1.807, 2.05) is 35.2 Å². The van der Waals surface area contributed by atoms with Crippen molar-refractivity contribution in [2.24, 2.45) is 5.92 Å². The maximum absolute atomic E-state index is 14.4. The summed E-state index contributed by atoms with van der Waals surface area (Å²) in [6.45, 7) is 0.553. The van der Waals surface area contributed by atoms with Crippen molar-refractivity contribution in [3.05, 3.63) is 90.3 Å². The SMILES string of the molecule is CN1[C@H](C2CCCCC2)CN(c2ccccc2)c2cc(OCc3cnc[nH]3)c(-c3ccc(F)c(C(=O)O)c3)cc2S1(=O)=O. The Morgan fingerprint density at radius 3 is 2.56 bits per heavy atom. The Balaban J connectivity index is 1.57. The van der Waals surface area contributed by atoms with Crippen molar-refractivity contribution < 1.29 is 27.4 Å². The van der Waals surface area contributed by atoms with Crippen molar-refractivity contribution in [2.45, 2.75) is 49.6 Å². The number of anilines is 2. The summed E-state index contributed by atoms with van der Waals surface area (Å²) in [4.78, 5) is 20.9. The topological polar surface area (TPSA) is 116 Å². The van der Waals surface area contributed by atoms with Gasteiger partial charge in [0, 0.05) is 37.0 Å². The van der Waals surface area contributed by atoms with E-state index >= 15 is 0 Å². The molecule has 9 nitrogen and oxygen atoms in total. The third-order valence-electron chi connectivity index (χ3n) is 8.55. The molecule has 224 valence electrons. The van der Waals surface area contributed by atoms with Gasteiger partial charge in [0.25, 0.3) is 0 Å². The smallest absolute Gasteiger partial charge is 0.338 e. The lowest BCUT2D eigenvalue weighted by Gasteiger charge is -2.36. The van der Waals surface area contributed by atoms with E-state index in [0.717, 1.165) is 43.9 Å². The second kappa shape index (κ2) is 11.8. The van der Waals surface area contributed by atoms with Gasteiger partial charge in [-0.05, 0) is 54.7 Å². The van der Waals surface area contributed by atoms with Crippen LogP contribution in [0.15, 0.2) is 78.1 Å². The van der Waals surface area contributed by atoms with Crippen LogP contribution in [-0.4, -0.2) is 53.4 Å². The van der Waals surface area contributed by atoms with Gasteiger partial charge in [-0.25, -0.2) is 22.6 Å².